The number of hydrogen-bond donors (Lipinski definition) is 1. The van der Waals surface area contributed by atoms with Crippen molar-refractivity contribution in [2.45, 2.75) is 24.8 Å². The van der Waals surface area contributed by atoms with Crippen LogP contribution in [-0.4, -0.2) is 33.0 Å². The summed E-state index contributed by atoms with van der Waals surface area (Å²) in [5.74, 6) is 0. The average molecular weight is 364 g/mol. The van der Waals surface area contributed by atoms with Gasteiger partial charge in [-0.2, -0.15) is 16.6 Å². The molecule has 24 heavy (non-hydrogen) atoms. The van der Waals surface area contributed by atoms with Crippen molar-refractivity contribution < 1.29 is 8.42 Å². The fourth-order valence-corrected chi connectivity index (χ4v) is 4.31. The van der Waals surface area contributed by atoms with E-state index in [0.29, 0.717) is 12.1 Å². The highest BCUT2D eigenvalue weighted by Gasteiger charge is 2.22. The Hall–Kier alpha value is -1.72. The fourth-order valence-electron chi connectivity index (χ4n) is 2.57. The Morgan fingerprint density at radius 2 is 1.88 bits per heavy atom. The third kappa shape index (κ3) is 4.42. The first-order valence-corrected chi connectivity index (χ1v) is 10.2. The fraction of sp³-hybridized carbons (Fsp3) is 0.353. The number of hydrogen-bond acceptors (Lipinski definition) is 5. The van der Waals surface area contributed by atoms with Crippen LogP contribution in [0.15, 0.2) is 46.0 Å². The first kappa shape index (κ1) is 18.6. The lowest BCUT2D eigenvalue weighted by Crippen LogP contribution is -2.37. The molecule has 1 aromatic heterocycles. The van der Waals surface area contributed by atoms with Gasteiger partial charge in [-0.05, 0) is 59.7 Å². The summed E-state index contributed by atoms with van der Waals surface area (Å²) in [4.78, 5) is 2.40. The molecule has 1 atom stereocenters. The molecule has 7 heteroatoms. The van der Waals surface area contributed by atoms with E-state index in [2.05, 4.69) is 28.8 Å². The van der Waals surface area contributed by atoms with Gasteiger partial charge in [0.15, 0.2) is 0 Å². The van der Waals surface area contributed by atoms with E-state index in [1.54, 1.807) is 11.3 Å². The van der Waals surface area contributed by atoms with Gasteiger partial charge in [-0.1, -0.05) is 13.8 Å². The van der Waals surface area contributed by atoms with Gasteiger partial charge >= 0.3 is 0 Å². The normalized spacial score (nSPS) is 12.9. The maximum absolute atomic E-state index is 12.5. The smallest absolute Gasteiger partial charge is 0.240 e. The molecule has 1 aromatic carbocycles. The van der Waals surface area contributed by atoms with Crippen molar-refractivity contribution in [2.75, 3.05) is 19.6 Å². The lowest BCUT2D eigenvalue weighted by molar-refractivity contribution is 0.220. The zero-order valence-corrected chi connectivity index (χ0v) is 15.4. The maximum Gasteiger partial charge on any atom is 0.240 e. The molecule has 128 valence electrons. The summed E-state index contributed by atoms with van der Waals surface area (Å²) in [5.41, 5.74) is 1.56. The molecular formula is C17H21N3O2S2. The SMILES string of the molecule is CCN(CC)[C@@H](CNS(=O)(=O)c1ccc(C#N)cc1)c1ccsc1. The predicted octanol–water partition coefficient (Wildman–Crippen LogP) is 2.98. The van der Waals surface area contributed by atoms with Gasteiger partial charge in [0.2, 0.25) is 10.0 Å². The Morgan fingerprint density at radius 3 is 2.38 bits per heavy atom. The highest BCUT2D eigenvalue weighted by molar-refractivity contribution is 7.89. The summed E-state index contributed by atoms with van der Waals surface area (Å²) >= 11 is 1.61. The van der Waals surface area contributed by atoms with Gasteiger partial charge in [0.25, 0.3) is 0 Å². The third-order valence-electron chi connectivity index (χ3n) is 3.94. The molecule has 0 radical (unpaired) electrons. The predicted molar refractivity (Wildman–Crippen MR) is 96.3 cm³/mol. The quantitative estimate of drug-likeness (QED) is 0.782. The molecular weight excluding hydrogens is 342 g/mol. The standard InChI is InChI=1S/C17H21N3O2S2/c1-3-20(4-2)17(15-9-10-23-13-15)12-19-24(21,22)16-7-5-14(11-18)6-8-16/h5-10,13,17,19H,3-4,12H2,1-2H3/t17-/m0/s1. The maximum atomic E-state index is 12.5. The molecule has 2 rings (SSSR count). The van der Waals surface area contributed by atoms with Crippen LogP contribution in [0.3, 0.4) is 0 Å². The Labute approximate surface area is 147 Å². The van der Waals surface area contributed by atoms with Gasteiger partial charge in [-0.25, -0.2) is 13.1 Å². The van der Waals surface area contributed by atoms with E-state index in [1.807, 2.05) is 17.5 Å². The molecule has 0 aliphatic heterocycles. The number of likely N-dealkylation sites (N-methyl/N-ethyl adjacent to an activating group) is 1. The second kappa shape index (κ2) is 8.40. The lowest BCUT2D eigenvalue weighted by Gasteiger charge is -2.29. The minimum atomic E-state index is -3.60. The number of nitriles is 1. The van der Waals surface area contributed by atoms with Crippen LogP contribution in [-0.2, 0) is 10.0 Å². The van der Waals surface area contributed by atoms with Gasteiger partial charge < -0.3 is 0 Å². The van der Waals surface area contributed by atoms with E-state index in [0.717, 1.165) is 18.7 Å². The summed E-state index contributed by atoms with van der Waals surface area (Å²) in [7, 11) is -3.60. The minimum absolute atomic E-state index is 0.000549. The van der Waals surface area contributed by atoms with Crippen molar-refractivity contribution >= 4 is 21.4 Å². The number of rotatable bonds is 8. The van der Waals surface area contributed by atoms with Gasteiger partial charge in [0.1, 0.15) is 0 Å². The monoisotopic (exact) mass is 363 g/mol. The Kier molecular flexibility index (Phi) is 6.52. The van der Waals surface area contributed by atoms with Crippen molar-refractivity contribution in [3.8, 4) is 6.07 Å². The van der Waals surface area contributed by atoms with Crippen molar-refractivity contribution in [1.82, 2.24) is 9.62 Å². The molecule has 0 bridgehead atoms. The van der Waals surface area contributed by atoms with Crippen molar-refractivity contribution in [2.24, 2.45) is 0 Å². The average Bonchev–Trinajstić information content (AvgIpc) is 3.13. The molecule has 2 aromatic rings. The van der Waals surface area contributed by atoms with E-state index < -0.39 is 10.0 Å². The summed E-state index contributed by atoms with van der Waals surface area (Å²) in [6.07, 6.45) is 0. The molecule has 0 saturated heterocycles. The van der Waals surface area contributed by atoms with Crippen LogP contribution < -0.4 is 4.72 Å². The van der Waals surface area contributed by atoms with Gasteiger partial charge in [-0.15, -0.1) is 0 Å². The second-order valence-corrected chi connectivity index (χ2v) is 7.83. The summed E-state index contributed by atoms with van der Waals surface area (Å²) in [6, 6.07) is 9.95. The van der Waals surface area contributed by atoms with Crippen molar-refractivity contribution in [3.05, 3.63) is 52.2 Å². The van der Waals surface area contributed by atoms with E-state index >= 15 is 0 Å². The van der Waals surface area contributed by atoms with Gasteiger partial charge in [0.05, 0.1) is 16.5 Å². The van der Waals surface area contributed by atoms with Crippen molar-refractivity contribution in [3.63, 3.8) is 0 Å². The van der Waals surface area contributed by atoms with E-state index in [-0.39, 0.29) is 10.9 Å². The van der Waals surface area contributed by atoms with E-state index in [1.165, 1.54) is 24.3 Å². The molecule has 0 aliphatic carbocycles. The number of thiophene rings is 1. The molecule has 0 fully saturated rings. The van der Waals surface area contributed by atoms with Crippen LogP contribution in [0.4, 0.5) is 0 Å². The molecule has 1 heterocycles. The minimum Gasteiger partial charge on any atom is -0.296 e. The number of sulfonamides is 1. The Morgan fingerprint density at radius 1 is 1.21 bits per heavy atom. The Balaban J connectivity index is 2.16. The van der Waals surface area contributed by atoms with Crippen LogP contribution in [0.2, 0.25) is 0 Å². The number of benzene rings is 1. The molecule has 0 aliphatic rings. The lowest BCUT2D eigenvalue weighted by atomic mass is 10.1. The van der Waals surface area contributed by atoms with E-state index in [9.17, 15) is 8.42 Å². The highest BCUT2D eigenvalue weighted by atomic mass is 32.2. The third-order valence-corrected chi connectivity index (χ3v) is 6.08. The van der Waals surface area contributed by atoms with Crippen LogP contribution >= 0.6 is 11.3 Å². The van der Waals surface area contributed by atoms with Crippen LogP contribution in [0.5, 0.6) is 0 Å². The number of nitrogens with one attached hydrogen (secondary N) is 1. The second-order valence-electron chi connectivity index (χ2n) is 5.28. The number of nitrogens with zero attached hydrogens (tertiary/aromatic N) is 2. The van der Waals surface area contributed by atoms with Crippen LogP contribution in [0, 0.1) is 11.3 Å². The van der Waals surface area contributed by atoms with Crippen molar-refractivity contribution in [1.29, 1.82) is 5.26 Å². The first-order chi connectivity index (χ1) is 11.5. The summed E-state index contributed by atoms with van der Waals surface area (Å²) in [6.45, 7) is 6.13. The first-order valence-electron chi connectivity index (χ1n) is 7.77. The molecule has 0 unspecified atom stereocenters. The van der Waals surface area contributed by atoms with Gasteiger partial charge in [-0.3, -0.25) is 4.90 Å². The van der Waals surface area contributed by atoms with Gasteiger partial charge in [0, 0.05) is 12.6 Å². The summed E-state index contributed by atoms with van der Waals surface area (Å²) < 4.78 is 27.7. The largest absolute Gasteiger partial charge is 0.296 e. The molecule has 0 amide bonds. The topological polar surface area (TPSA) is 73.2 Å². The van der Waals surface area contributed by atoms with Crippen LogP contribution in [0.1, 0.15) is 31.0 Å². The zero-order valence-electron chi connectivity index (χ0n) is 13.8. The Bertz CT molecular complexity index is 774. The molecule has 0 spiro atoms. The molecule has 0 saturated carbocycles. The molecule has 5 nitrogen and oxygen atoms in total. The van der Waals surface area contributed by atoms with E-state index in [4.69, 9.17) is 5.26 Å². The highest BCUT2D eigenvalue weighted by Crippen LogP contribution is 2.23. The zero-order chi connectivity index (χ0) is 17.6. The molecule has 1 N–H and O–H groups in total. The summed E-state index contributed by atoms with van der Waals surface area (Å²) in [5, 5.41) is 12.9. The van der Waals surface area contributed by atoms with Crippen LogP contribution in [0.25, 0.3) is 0 Å².